The molecule has 0 aliphatic heterocycles. The van der Waals surface area contributed by atoms with Gasteiger partial charge in [0.25, 0.3) is 0 Å². The van der Waals surface area contributed by atoms with Gasteiger partial charge in [-0.1, -0.05) is 6.92 Å². The molecule has 0 bridgehead atoms. The molecule has 98 valence electrons. The van der Waals surface area contributed by atoms with Gasteiger partial charge in [0.05, 0.1) is 6.61 Å². The van der Waals surface area contributed by atoms with Crippen molar-refractivity contribution >= 4 is 23.6 Å². The lowest BCUT2D eigenvalue weighted by Gasteiger charge is -2.11. The zero-order valence-corrected chi connectivity index (χ0v) is 12.3. The Balaban J connectivity index is 2.40. The number of nitrogens with zero attached hydrogens (tertiary/aromatic N) is 3. The van der Waals surface area contributed by atoms with E-state index in [0.717, 1.165) is 22.9 Å². The summed E-state index contributed by atoms with van der Waals surface area (Å²) in [5.41, 5.74) is 0.847. The first-order valence-corrected chi connectivity index (χ1v) is 7.06. The van der Waals surface area contributed by atoms with Crippen LogP contribution in [0.15, 0.2) is 5.38 Å². The summed E-state index contributed by atoms with van der Waals surface area (Å²) in [7, 11) is 1.66. The van der Waals surface area contributed by atoms with Crippen molar-refractivity contribution < 1.29 is 4.74 Å². The van der Waals surface area contributed by atoms with E-state index < -0.39 is 0 Å². The third-order valence-electron chi connectivity index (χ3n) is 2.78. The molecule has 0 aliphatic carbocycles. The fourth-order valence-corrected chi connectivity index (χ4v) is 2.74. The SMILES string of the molecule is CCC(C)n1c(-c2csc(COC)n2)n[nH]c1=S. The minimum Gasteiger partial charge on any atom is -0.378 e. The largest absolute Gasteiger partial charge is 0.378 e. The number of methoxy groups -OCH3 is 1. The normalized spacial score (nSPS) is 12.8. The summed E-state index contributed by atoms with van der Waals surface area (Å²) in [5.74, 6) is 0.799. The smallest absolute Gasteiger partial charge is 0.195 e. The van der Waals surface area contributed by atoms with E-state index in [4.69, 9.17) is 17.0 Å². The maximum Gasteiger partial charge on any atom is 0.195 e. The highest BCUT2D eigenvalue weighted by Crippen LogP contribution is 2.24. The van der Waals surface area contributed by atoms with Crippen molar-refractivity contribution in [3.8, 4) is 11.5 Å². The lowest BCUT2D eigenvalue weighted by molar-refractivity contribution is 0.184. The van der Waals surface area contributed by atoms with Crippen LogP contribution in [-0.4, -0.2) is 26.9 Å². The number of rotatable bonds is 5. The van der Waals surface area contributed by atoms with Gasteiger partial charge in [0, 0.05) is 18.5 Å². The lowest BCUT2D eigenvalue weighted by Crippen LogP contribution is -2.06. The van der Waals surface area contributed by atoms with Gasteiger partial charge in [0.2, 0.25) is 0 Å². The molecule has 0 saturated heterocycles. The van der Waals surface area contributed by atoms with Crippen LogP contribution in [0, 0.1) is 4.77 Å². The van der Waals surface area contributed by atoms with E-state index >= 15 is 0 Å². The topological polar surface area (TPSA) is 55.7 Å². The first-order valence-electron chi connectivity index (χ1n) is 5.78. The molecule has 0 radical (unpaired) electrons. The van der Waals surface area contributed by atoms with E-state index in [1.807, 2.05) is 9.95 Å². The summed E-state index contributed by atoms with van der Waals surface area (Å²) in [6, 6.07) is 0.304. The number of hydrogen-bond acceptors (Lipinski definition) is 5. The van der Waals surface area contributed by atoms with Crippen molar-refractivity contribution in [1.82, 2.24) is 19.7 Å². The van der Waals surface area contributed by atoms with Crippen molar-refractivity contribution in [2.75, 3.05) is 7.11 Å². The predicted molar refractivity (Wildman–Crippen MR) is 74.2 cm³/mol. The molecule has 7 heteroatoms. The van der Waals surface area contributed by atoms with E-state index in [2.05, 4.69) is 29.0 Å². The zero-order valence-electron chi connectivity index (χ0n) is 10.6. The van der Waals surface area contributed by atoms with Crippen molar-refractivity contribution in [2.24, 2.45) is 0 Å². The van der Waals surface area contributed by atoms with Crippen LogP contribution in [-0.2, 0) is 11.3 Å². The van der Waals surface area contributed by atoms with Crippen LogP contribution in [0.1, 0.15) is 31.3 Å². The maximum atomic E-state index is 5.27. The van der Waals surface area contributed by atoms with Gasteiger partial charge in [-0.15, -0.1) is 11.3 Å². The molecular weight excluding hydrogens is 268 g/mol. The molecule has 0 saturated carbocycles. The molecule has 1 atom stereocenters. The average molecular weight is 284 g/mol. The van der Waals surface area contributed by atoms with Crippen LogP contribution in [0.3, 0.4) is 0 Å². The van der Waals surface area contributed by atoms with Crippen LogP contribution >= 0.6 is 23.6 Å². The minimum absolute atomic E-state index is 0.304. The van der Waals surface area contributed by atoms with Gasteiger partial charge < -0.3 is 4.74 Å². The molecule has 0 spiro atoms. The molecule has 0 fully saturated rings. The van der Waals surface area contributed by atoms with Crippen LogP contribution in [0.25, 0.3) is 11.5 Å². The molecule has 0 aromatic carbocycles. The second kappa shape index (κ2) is 5.73. The van der Waals surface area contributed by atoms with Gasteiger partial charge in [-0.2, -0.15) is 5.10 Å². The predicted octanol–water partition coefficient (Wildman–Crippen LogP) is 3.18. The Kier molecular flexibility index (Phi) is 4.26. The molecular formula is C11H16N4OS2. The van der Waals surface area contributed by atoms with Gasteiger partial charge in [0.1, 0.15) is 10.7 Å². The minimum atomic E-state index is 0.304. The number of H-pyrrole nitrogens is 1. The third kappa shape index (κ3) is 2.52. The number of aromatic nitrogens is 4. The third-order valence-corrected chi connectivity index (χ3v) is 3.89. The number of thiazole rings is 1. The van der Waals surface area contributed by atoms with E-state index in [0.29, 0.717) is 17.4 Å². The summed E-state index contributed by atoms with van der Waals surface area (Å²) in [6.07, 6.45) is 0.996. The van der Waals surface area contributed by atoms with Gasteiger partial charge in [-0.25, -0.2) is 4.98 Å². The average Bonchev–Trinajstić information content (AvgIpc) is 2.95. The molecule has 2 heterocycles. The number of hydrogen-bond donors (Lipinski definition) is 1. The standard InChI is InChI=1S/C11H16N4OS2/c1-4-7(2)15-10(13-14-11(15)17)8-6-18-9(12-8)5-16-3/h6-7H,4-5H2,1-3H3,(H,14,17). The highest BCUT2D eigenvalue weighted by atomic mass is 32.1. The Labute approximate surface area is 115 Å². The second-order valence-corrected chi connectivity index (χ2v) is 5.37. The van der Waals surface area contributed by atoms with Crippen LogP contribution in [0.4, 0.5) is 0 Å². The van der Waals surface area contributed by atoms with Crippen molar-refractivity contribution in [3.63, 3.8) is 0 Å². The molecule has 2 aromatic heterocycles. The molecule has 0 aliphatic rings. The highest BCUT2D eigenvalue weighted by molar-refractivity contribution is 7.71. The van der Waals surface area contributed by atoms with Crippen LogP contribution in [0.5, 0.6) is 0 Å². The molecule has 18 heavy (non-hydrogen) atoms. The first kappa shape index (κ1) is 13.4. The summed E-state index contributed by atoms with van der Waals surface area (Å²) >= 11 is 6.84. The quantitative estimate of drug-likeness (QED) is 0.857. The first-order chi connectivity index (χ1) is 8.67. The summed E-state index contributed by atoms with van der Waals surface area (Å²) in [5, 5.41) is 10.0. The fraction of sp³-hybridized carbons (Fsp3) is 0.545. The fourth-order valence-electron chi connectivity index (χ4n) is 1.68. The van der Waals surface area contributed by atoms with E-state index in [-0.39, 0.29) is 0 Å². The molecule has 1 N–H and O–H groups in total. The Bertz CT molecular complexity index is 572. The molecule has 1 unspecified atom stereocenters. The summed E-state index contributed by atoms with van der Waals surface area (Å²) in [6.45, 7) is 4.77. The lowest BCUT2D eigenvalue weighted by atomic mass is 10.2. The molecule has 2 rings (SSSR count). The molecule has 5 nitrogen and oxygen atoms in total. The highest BCUT2D eigenvalue weighted by Gasteiger charge is 2.15. The number of nitrogens with one attached hydrogen (secondary N) is 1. The van der Waals surface area contributed by atoms with Crippen LogP contribution < -0.4 is 0 Å². The van der Waals surface area contributed by atoms with E-state index in [1.54, 1.807) is 18.4 Å². The number of ether oxygens (including phenoxy) is 1. The summed E-state index contributed by atoms with van der Waals surface area (Å²) in [4.78, 5) is 4.50. The van der Waals surface area contributed by atoms with Gasteiger partial charge in [0.15, 0.2) is 10.6 Å². The van der Waals surface area contributed by atoms with Gasteiger partial charge in [-0.05, 0) is 25.6 Å². The Morgan fingerprint density at radius 1 is 1.61 bits per heavy atom. The molecule has 0 amide bonds. The van der Waals surface area contributed by atoms with Crippen molar-refractivity contribution in [3.05, 3.63) is 15.2 Å². The van der Waals surface area contributed by atoms with Crippen LogP contribution in [0.2, 0.25) is 0 Å². The Morgan fingerprint density at radius 2 is 2.39 bits per heavy atom. The number of aromatic amines is 1. The monoisotopic (exact) mass is 284 g/mol. The van der Waals surface area contributed by atoms with Gasteiger partial charge in [-0.3, -0.25) is 9.67 Å². The second-order valence-electron chi connectivity index (χ2n) is 4.04. The Hall–Kier alpha value is -1.05. The van der Waals surface area contributed by atoms with Gasteiger partial charge >= 0.3 is 0 Å². The maximum absolute atomic E-state index is 5.27. The van der Waals surface area contributed by atoms with E-state index in [9.17, 15) is 0 Å². The molecule has 2 aromatic rings. The van der Waals surface area contributed by atoms with E-state index in [1.165, 1.54) is 0 Å². The summed E-state index contributed by atoms with van der Waals surface area (Å²) < 4.78 is 7.73. The Morgan fingerprint density at radius 3 is 3.06 bits per heavy atom. The van der Waals surface area contributed by atoms with Crippen molar-refractivity contribution in [2.45, 2.75) is 32.9 Å². The van der Waals surface area contributed by atoms with Crippen molar-refractivity contribution in [1.29, 1.82) is 0 Å². The zero-order chi connectivity index (χ0) is 13.1.